The molecule has 2 fully saturated rings. The molecule has 0 radical (unpaired) electrons. The van der Waals surface area contributed by atoms with Gasteiger partial charge in [0.1, 0.15) is 5.82 Å². The Morgan fingerprint density at radius 3 is 2.49 bits per heavy atom. The number of hydrogen-bond donors (Lipinski definition) is 1. The molecule has 0 bridgehead atoms. The summed E-state index contributed by atoms with van der Waals surface area (Å²) in [5.74, 6) is 0.751. The maximum absolute atomic E-state index is 13.1. The van der Waals surface area contributed by atoms with Crippen molar-refractivity contribution in [2.75, 3.05) is 19.7 Å². The van der Waals surface area contributed by atoms with Crippen molar-refractivity contribution >= 4 is 22.6 Å². The number of rotatable bonds is 7. The highest BCUT2D eigenvalue weighted by Gasteiger charge is 2.41. The number of piperidine rings is 1. The van der Waals surface area contributed by atoms with Crippen molar-refractivity contribution < 1.29 is 27.4 Å². The molecule has 3 aliphatic heterocycles. The van der Waals surface area contributed by atoms with Gasteiger partial charge in [0.05, 0.1) is 30.2 Å². The van der Waals surface area contributed by atoms with Gasteiger partial charge in [-0.15, -0.1) is 10.2 Å². The zero-order chi connectivity index (χ0) is 32.3. The summed E-state index contributed by atoms with van der Waals surface area (Å²) in [5.41, 5.74) is 4.14. The normalized spacial score (nSPS) is 21.8. The second-order valence-electron chi connectivity index (χ2n) is 12.5. The van der Waals surface area contributed by atoms with Crippen molar-refractivity contribution in [2.24, 2.45) is 0 Å². The number of ether oxygens (including phenoxy) is 3. The molecule has 5 heterocycles. The van der Waals surface area contributed by atoms with Crippen LogP contribution in [0.4, 0.5) is 13.2 Å². The quantitative estimate of drug-likeness (QED) is 0.195. The molecule has 3 aromatic carbocycles. The largest absolute Gasteiger partial charge is 0.451 e. The first kappa shape index (κ1) is 30.2. The Labute approximate surface area is 273 Å². The minimum absolute atomic E-state index is 0.0509. The number of benzene rings is 3. The number of H-pyrrole nitrogens is 1. The molecule has 1 unspecified atom stereocenters. The van der Waals surface area contributed by atoms with E-state index in [0.717, 1.165) is 72.9 Å². The Morgan fingerprint density at radius 2 is 1.79 bits per heavy atom. The first-order valence-corrected chi connectivity index (χ1v) is 16.1. The van der Waals surface area contributed by atoms with Crippen LogP contribution in [0.5, 0.6) is 11.5 Å². The van der Waals surface area contributed by atoms with E-state index in [2.05, 4.69) is 30.7 Å². The summed E-state index contributed by atoms with van der Waals surface area (Å²) in [6.07, 6.45) is -1.62. The van der Waals surface area contributed by atoms with E-state index in [-0.39, 0.29) is 11.9 Å². The van der Waals surface area contributed by atoms with E-state index < -0.39 is 17.8 Å². The molecular weight excluding hydrogens is 633 g/mol. The van der Waals surface area contributed by atoms with Crippen LogP contribution in [-0.4, -0.2) is 55.4 Å². The summed E-state index contributed by atoms with van der Waals surface area (Å²) in [6, 6.07) is 19.0. The van der Waals surface area contributed by atoms with Crippen LogP contribution < -0.4 is 9.47 Å². The first-order valence-electron chi connectivity index (χ1n) is 15.7. The molecule has 47 heavy (non-hydrogen) atoms. The Balaban J connectivity index is 0.996. The van der Waals surface area contributed by atoms with Crippen molar-refractivity contribution in [2.45, 2.75) is 63.3 Å². The number of para-hydroxylation sites is 1. The van der Waals surface area contributed by atoms with Gasteiger partial charge in [-0.1, -0.05) is 23.7 Å². The molecule has 8 rings (SSSR count). The monoisotopic (exact) mass is 664 g/mol. The lowest BCUT2D eigenvalue weighted by Crippen LogP contribution is -2.35. The molecular formula is C34H32ClF3N6O3. The molecule has 1 N–H and O–H groups in total. The predicted molar refractivity (Wildman–Crippen MR) is 168 cm³/mol. The molecule has 0 saturated carbocycles. The zero-order valence-electron chi connectivity index (χ0n) is 25.6. The summed E-state index contributed by atoms with van der Waals surface area (Å²) < 4.78 is 60.1. The minimum Gasteiger partial charge on any atom is -0.445 e. The molecule has 9 nitrogen and oxygen atoms in total. The van der Waals surface area contributed by atoms with Crippen molar-refractivity contribution in [1.29, 1.82) is 0 Å². The number of fused-ring (bicyclic) bond motifs is 2. The van der Waals surface area contributed by atoms with Crippen molar-refractivity contribution in [1.82, 2.24) is 29.6 Å². The number of nitrogens with one attached hydrogen (secondary N) is 1. The number of likely N-dealkylation sites (tertiary alicyclic amines) is 1. The second kappa shape index (κ2) is 11.5. The van der Waals surface area contributed by atoms with E-state index >= 15 is 0 Å². The van der Waals surface area contributed by atoms with Gasteiger partial charge >= 0.3 is 6.18 Å². The highest BCUT2D eigenvalue weighted by Crippen LogP contribution is 2.49. The van der Waals surface area contributed by atoms with Crippen LogP contribution in [0.3, 0.4) is 0 Å². The van der Waals surface area contributed by atoms with Crippen LogP contribution in [0.2, 0.25) is 5.02 Å². The summed E-state index contributed by atoms with van der Waals surface area (Å²) in [5, 5.41) is 7.66. The van der Waals surface area contributed by atoms with Gasteiger partial charge in [-0.2, -0.15) is 13.2 Å². The van der Waals surface area contributed by atoms with Gasteiger partial charge in [0.25, 0.3) is 5.79 Å². The Morgan fingerprint density at radius 1 is 1.00 bits per heavy atom. The molecule has 2 aromatic heterocycles. The van der Waals surface area contributed by atoms with Gasteiger partial charge in [-0.05, 0) is 86.8 Å². The van der Waals surface area contributed by atoms with E-state index in [0.29, 0.717) is 35.1 Å². The average molecular weight is 665 g/mol. The topological polar surface area (TPSA) is 90.3 Å². The van der Waals surface area contributed by atoms with Crippen LogP contribution in [0.1, 0.15) is 54.9 Å². The molecule has 2 atom stereocenters. The van der Waals surface area contributed by atoms with Crippen molar-refractivity contribution in [3.05, 3.63) is 88.5 Å². The minimum atomic E-state index is -4.60. The number of hydrogen-bond acceptors (Lipinski definition) is 7. The molecule has 0 aliphatic carbocycles. The molecule has 244 valence electrons. The molecule has 3 aliphatic rings. The van der Waals surface area contributed by atoms with Gasteiger partial charge in [0.2, 0.25) is 5.82 Å². The Hall–Kier alpha value is -4.13. The number of nitrogens with zero attached hydrogens (tertiary/aromatic N) is 5. The van der Waals surface area contributed by atoms with Crippen molar-refractivity contribution in [3.63, 3.8) is 0 Å². The van der Waals surface area contributed by atoms with Crippen LogP contribution in [0.25, 0.3) is 22.4 Å². The molecule has 2 saturated heterocycles. The Bertz CT molecular complexity index is 1930. The van der Waals surface area contributed by atoms with Gasteiger partial charge in [-0.25, -0.2) is 4.98 Å². The van der Waals surface area contributed by atoms with Gasteiger partial charge in [0.15, 0.2) is 17.3 Å². The SMILES string of the molecule is CC1(c2ccc(Cl)cc2)Oc2cccc(C3CCN(Cc4nc5cc(-c6nnc(C(F)(F)F)[nH]6)ccc5n4C[C@@H]4CCO4)CC3)c2O1. The lowest BCUT2D eigenvalue weighted by molar-refractivity contribution is -0.144. The number of imidazole rings is 1. The van der Waals surface area contributed by atoms with Gasteiger partial charge in [-0.3, -0.25) is 4.90 Å². The predicted octanol–water partition coefficient (Wildman–Crippen LogP) is 7.31. The standard InChI is InChI=1S/C34H32ClF3N6O3/c1-33(22-6-8-23(35)9-7-22)46-28-4-2-3-25(30(28)47-33)20-11-14-43(15-12-20)19-29-39-26-17-21(31-40-32(42-41-31)34(36,37)38)5-10-27(26)44(29)18-24-13-16-45-24/h2-10,17,20,24H,11-16,18-19H2,1H3,(H,40,41,42)/t24-,33?/m0/s1. The highest BCUT2D eigenvalue weighted by molar-refractivity contribution is 6.30. The molecule has 0 amide bonds. The summed E-state index contributed by atoms with van der Waals surface area (Å²) >= 11 is 6.11. The maximum atomic E-state index is 13.1. The summed E-state index contributed by atoms with van der Waals surface area (Å²) in [7, 11) is 0. The lowest BCUT2D eigenvalue weighted by Gasteiger charge is -2.33. The first-order chi connectivity index (χ1) is 22.6. The molecule has 5 aromatic rings. The van der Waals surface area contributed by atoms with Crippen LogP contribution >= 0.6 is 11.6 Å². The third-order valence-electron chi connectivity index (χ3n) is 9.41. The average Bonchev–Trinajstić information content (AvgIpc) is 3.75. The summed E-state index contributed by atoms with van der Waals surface area (Å²) in [6.45, 7) is 5.73. The second-order valence-corrected chi connectivity index (χ2v) is 13.0. The van der Waals surface area contributed by atoms with Crippen molar-refractivity contribution in [3.8, 4) is 22.9 Å². The van der Waals surface area contributed by atoms with Crippen LogP contribution in [-0.2, 0) is 29.8 Å². The van der Waals surface area contributed by atoms with E-state index in [9.17, 15) is 13.2 Å². The zero-order valence-corrected chi connectivity index (χ0v) is 26.3. The smallest absolute Gasteiger partial charge is 0.445 e. The van der Waals surface area contributed by atoms with E-state index in [1.54, 1.807) is 12.1 Å². The lowest BCUT2D eigenvalue weighted by atomic mass is 9.88. The van der Waals surface area contributed by atoms with Gasteiger partial charge < -0.3 is 23.8 Å². The van der Waals surface area contributed by atoms with E-state index in [1.807, 2.05) is 49.4 Å². The number of aromatic amines is 1. The Kier molecular flexibility index (Phi) is 7.42. The number of aromatic nitrogens is 5. The molecule has 13 heteroatoms. The summed E-state index contributed by atoms with van der Waals surface area (Å²) in [4.78, 5) is 9.66. The van der Waals surface area contributed by atoms with Crippen LogP contribution in [0, 0.1) is 0 Å². The number of halogens is 4. The fourth-order valence-electron chi connectivity index (χ4n) is 6.75. The number of alkyl halides is 3. The third-order valence-corrected chi connectivity index (χ3v) is 9.66. The fourth-order valence-corrected chi connectivity index (χ4v) is 6.87. The van der Waals surface area contributed by atoms with E-state index in [4.69, 9.17) is 30.8 Å². The fraction of sp³-hybridized carbons (Fsp3) is 0.382. The van der Waals surface area contributed by atoms with E-state index in [1.165, 1.54) is 0 Å². The van der Waals surface area contributed by atoms with Crippen LogP contribution in [0.15, 0.2) is 60.7 Å². The molecule has 0 spiro atoms. The third kappa shape index (κ3) is 5.72. The highest BCUT2D eigenvalue weighted by atomic mass is 35.5. The maximum Gasteiger partial charge on any atom is 0.451 e. The van der Waals surface area contributed by atoms with Gasteiger partial charge in [0, 0.05) is 35.2 Å².